The first kappa shape index (κ1) is 23.9. The molecule has 0 saturated carbocycles. The molecule has 1 amide bonds. The lowest BCUT2D eigenvalue weighted by Crippen LogP contribution is -2.45. The number of oxazole rings is 1. The van der Waals surface area contributed by atoms with Crippen LogP contribution in [0.1, 0.15) is 26.3 Å². The first-order chi connectivity index (χ1) is 15.6. The molecule has 0 unspecified atom stereocenters. The molecule has 1 atom stereocenters. The summed E-state index contributed by atoms with van der Waals surface area (Å²) in [6, 6.07) is 9.77. The number of esters is 1. The van der Waals surface area contributed by atoms with E-state index in [1.807, 2.05) is 0 Å². The van der Waals surface area contributed by atoms with Crippen LogP contribution < -0.4 is 14.8 Å². The summed E-state index contributed by atoms with van der Waals surface area (Å²) in [6.45, 7) is 5.23. The second-order valence-electron chi connectivity index (χ2n) is 8.31. The molecule has 1 aromatic heterocycles. The molecular formula is C24H28N2O7. The van der Waals surface area contributed by atoms with Crippen LogP contribution in [0.25, 0.3) is 22.6 Å². The van der Waals surface area contributed by atoms with Gasteiger partial charge in [-0.15, -0.1) is 0 Å². The molecule has 1 N–H and O–H groups in total. The summed E-state index contributed by atoms with van der Waals surface area (Å²) >= 11 is 0. The van der Waals surface area contributed by atoms with Crippen molar-refractivity contribution in [2.24, 2.45) is 0 Å². The van der Waals surface area contributed by atoms with Gasteiger partial charge in [0.15, 0.2) is 5.58 Å². The molecule has 0 aliphatic heterocycles. The molecule has 0 aliphatic rings. The zero-order chi connectivity index (χ0) is 24.2. The van der Waals surface area contributed by atoms with Gasteiger partial charge in [-0.2, -0.15) is 0 Å². The molecule has 9 nitrogen and oxygen atoms in total. The minimum absolute atomic E-state index is 0.187. The molecule has 0 saturated heterocycles. The highest BCUT2D eigenvalue weighted by atomic mass is 16.6. The fourth-order valence-corrected chi connectivity index (χ4v) is 3.22. The Morgan fingerprint density at radius 3 is 2.45 bits per heavy atom. The number of nitrogens with zero attached hydrogens (tertiary/aromatic N) is 1. The maximum atomic E-state index is 12.2. The van der Waals surface area contributed by atoms with E-state index in [2.05, 4.69) is 10.3 Å². The third kappa shape index (κ3) is 5.94. The summed E-state index contributed by atoms with van der Waals surface area (Å²) in [6.07, 6.45) is -0.514. The largest absolute Gasteiger partial charge is 0.497 e. The summed E-state index contributed by atoms with van der Waals surface area (Å²) in [5, 5.41) is 2.57. The van der Waals surface area contributed by atoms with Gasteiger partial charge in [-0.3, -0.25) is 0 Å². The minimum atomic E-state index is -0.924. The molecule has 0 radical (unpaired) electrons. The second-order valence-corrected chi connectivity index (χ2v) is 8.31. The predicted octanol–water partition coefficient (Wildman–Crippen LogP) is 4.12. The van der Waals surface area contributed by atoms with Gasteiger partial charge in [0.05, 0.1) is 26.9 Å². The van der Waals surface area contributed by atoms with Gasteiger partial charge in [0.2, 0.25) is 5.89 Å². The van der Waals surface area contributed by atoms with Gasteiger partial charge in [-0.25, -0.2) is 14.6 Å². The Labute approximate surface area is 192 Å². The van der Waals surface area contributed by atoms with Crippen LogP contribution in [0.2, 0.25) is 0 Å². The summed E-state index contributed by atoms with van der Waals surface area (Å²) in [7, 11) is 4.41. The molecule has 3 aromatic rings. The number of carbonyl (C=O) groups is 2. The van der Waals surface area contributed by atoms with Gasteiger partial charge in [-0.1, -0.05) is 6.07 Å². The molecule has 1 heterocycles. The van der Waals surface area contributed by atoms with E-state index in [0.29, 0.717) is 34.1 Å². The average Bonchev–Trinajstić information content (AvgIpc) is 3.19. The van der Waals surface area contributed by atoms with Gasteiger partial charge >= 0.3 is 12.1 Å². The van der Waals surface area contributed by atoms with Crippen LogP contribution in [0.4, 0.5) is 4.79 Å². The maximum absolute atomic E-state index is 12.2. The van der Waals surface area contributed by atoms with Crippen LogP contribution in [-0.4, -0.2) is 50.0 Å². The number of rotatable bonds is 7. The van der Waals surface area contributed by atoms with Crippen LogP contribution >= 0.6 is 0 Å². The Bertz CT molecular complexity index is 1150. The Kier molecular flexibility index (Phi) is 7.10. The van der Waals surface area contributed by atoms with Crippen LogP contribution in [0.15, 0.2) is 40.8 Å². The van der Waals surface area contributed by atoms with E-state index in [-0.39, 0.29) is 6.42 Å². The fraction of sp³-hybridized carbons (Fsp3) is 0.375. The molecule has 0 fully saturated rings. The van der Waals surface area contributed by atoms with Crippen molar-refractivity contribution in [3.63, 3.8) is 0 Å². The average molecular weight is 456 g/mol. The number of hydrogen-bond acceptors (Lipinski definition) is 8. The standard InChI is InChI=1S/C24H28N2O7/c1-24(2,3)33-23(28)26-18(22(27)31-6)12-14-7-9-20-17(11-14)25-21(32-20)16-13-15(29-4)8-10-19(16)30-5/h7-11,13,18H,12H2,1-6H3,(H,26,28)/t18-/m0/s1. The van der Waals surface area contributed by atoms with E-state index >= 15 is 0 Å². The Morgan fingerprint density at radius 1 is 1.06 bits per heavy atom. The monoisotopic (exact) mass is 456 g/mol. The van der Waals surface area contributed by atoms with Crippen molar-refractivity contribution in [3.05, 3.63) is 42.0 Å². The minimum Gasteiger partial charge on any atom is -0.497 e. The van der Waals surface area contributed by atoms with Crippen molar-refractivity contribution in [3.8, 4) is 23.0 Å². The Balaban J connectivity index is 1.87. The molecule has 0 bridgehead atoms. The van der Waals surface area contributed by atoms with Gasteiger partial charge in [0, 0.05) is 6.42 Å². The van der Waals surface area contributed by atoms with E-state index < -0.39 is 23.7 Å². The number of ether oxygens (including phenoxy) is 4. The number of methoxy groups -OCH3 is 3. The smallest absolute Gasteiger partial charge is 0.408 e. The maximum Gasteiger partial charge on any atom is 0.408 e. The molecule has 3 rings (SSSR count). The van der Waals surface area contributed by atoms with Gasteiger partial charge in [0.1, 0.15) is 28.7 Å². The second kappa shape index (κ2) is 9.81. The number of amides is 1. The highest BCUT2D eigenvalue weighted by molar-refractivity contribution is 5.82. The summed E-state index contributed by atoms with van der Waals surface area (Å²) in [5.41, 5.74) is 1.86. The highest BCUT2D eigenvalue weighted by Gasteiger charge is 2.25. The van der Waals surface area contributed by atoms with Gasteiger partial charge < -0.3 is 28.7 Å². The van der Waals surface area contributed by atoms with E-state index in [1.54, 1.807) is 71.4 Å². The number of carbonyl (C=O) groups excluding carboxylic acids is 2. The number of fused-ring (bicyclic) bond motifs is 1. The van der Waals surface area contributed by atoms with Crippen LogP contribution in [-0.2, 0) is 20.7 Å². The third-order valence-electron chi connectivity index (χ3n) is 4.71. The third-order valence-corrected chi connectivity index (χ3v) is 4.71. The molecule has 176 valence electrons. The number of benzene rings is 2. The lowest BCUT2D eigenvalue weighted by atomic mass is 10.1. The lowest BCUT2D eigenvalue weighted by Gasteiger charge is -2.22. The van der Waals surface area contributed by atoms with E-state index in [1.165, 1.54) is 7.11 Å². The molecule has 33 heavy (non-hydrogen) atoms. The zero-order valence-corrected chi connectivity index (χ0v) is 19.6. The molecule has 0 spiro atoms. The van der Waals surface area contributed by atoms with Crippen molar-refractivity contribution < 1.29 is 33.0 Å². The molecule has 9 heteroatoms. The van der Waals surface area contributed by atoms with Crippen molar-refractivity contribution in [2.45, 2.75) is 38.8 Å². The molecular weight excluding hydrogens is 428 g/mol. The molecule has 2 aromatic carbocycles. The number of alkyl carbamates (subject to hydrolysis) is 1. The number of hydrogen-bond donors (Lipinski definition) is 1. The predicted molar refractivity (Wildman–Crippen MR) is 121 cm³/mol. The van der Waals surface area contributed by atoms with E-state index in [4.69, 9.17) is 23.4 Å². The summed E-state index contributed by atoms with van der Waals surface area (Å²) < 4.78 is 26.7. The van der Waals surface area contributed by atoms with Gasteiger partial charge in [-0.05, 0) is 56.7 Å². The quantitative estimate of drug-likeness (QED) is 0.529. The van der Waals surface area contributed by atoms with Crippen molar-refractivity contribution in [1.29, 1.82) is 0 Å². The zero-order valence-electron chi connectivity index (χ0n) is 19.6. The molecule has 0 aliphatic carbocycles. The van der Waals surface area contributed by atoms with Crippen molar-refractivity contribution in [2.75, 3.05) is 21.3 Å². The fourth-order valence-electron chi connectivity index (χ4n) is 3.22. The number of aromatic nitrogens is 1. The SMILES string of the molecule is COC(=O)[C@H](Cc1ccc2oc(-c3cc(OC)ccc3OC)nc2c1)NC(=O)OC(C)(C)C. The number of nitrogens with one attached hydrogen (secondary N) is 1. The summed E-state index contributed by atoms with van der Waals surface area (Å²) in [5.74, 6) is 1.02. The van der Waals surface area contributed by atoms with Gasteiger partial charge in [0.25, 0.3) is 0 Å². The van der Waals surface area contributed by atoms with Crippen LogP contribution in [0, 0.1) is 0 Å². The van der Waals surface area contributed by atoms with Crippen LogP contribution in [0.3, 0.4) is 0 Å². The highest BCUT2D eigenvalue weighted by Crippen LogP contribution is 2.34. The lowest BCUT2D eigenvalue weighted by molar-refractivity contribution is -0.143. The van der Waals surface area contributed by atoms with Crippen molar-refractivity contribution in [1.82, 2.24) is 10.3 Å². The Hall–Kier alpha value is -3.75. The topological polar surface area (TPSA) is 109 Å². The van der Waals surface area contributed by atoms with Crippen molar-refractivity contribution >= 4 is 23.2 Å². The Morgan fingerprint density at radius 2 is 1.82 bits per heavy atom. The van der Waals surface area contributed by atoms with Crippen LogP contribution in [0.5, 0.6) is 11.5 Å². The first-order valence-electron chi connectivity index (χ1n) is 10.3. The summed E-state index contributed by atoms with van der Waals surface area (Å²) in [4.78, 5) is 29.0. The normalized spacial score (nSPS) is 12.2. The first-order valence-corrected chi connectivity index (χ1v) is 10.3. The van der Waals surface area contributed by atoms with E-state index in [0.717, 1.165) is 5.56 Å². The van der Waals surface area contributed by atoms with E-state index in [9.17, 15) is 9.59 Å².